The van der Waals surface area contributed by atoms with Gasteiger partial charge in [0, 0.05) is 34.7 Å². The Morgan fingerprint density at radius 1 is 0.750 bits per heavy atom. The van der Waals surface area contributed by atoms with Gasteiger partial charge in [0.25, 0.3) is 11.8 Å². The molecule has 0 aliphatic rings. The molecule has 2 amide bonds. The molecule has 2 aromatic rings. The smallest absolute Gasteiger partial charge is 0.268 e. The number of amides is 2. The molecule has 18 heteroatoms. The first-order valence-electron chi connectivity index (χ1n) is 8.84. The average molecular weight is 648 g/mol. The van der Waals surface area contributed by atoms with Gasteiger partial charge in [0.05, 0.1) is 0 Å². The van der Waals surface area contributed by atoms with E-state index >= 15 is 0 Å². The summed E-state index contributed by atoms with van der Waals surface area (Å²) in [6.07, 6.45) is 0. The molecule has 2 aromatic carbocycles. The Kier molecular flexibility index (Phi) is 9.98. The molecule has 0 atom stereocenters. The quantitative estimate of drug-likeness (QED) is 0.448. The number of hydrogen-bond donors (Lipinski definition) is 0. The van der Waals surface area contributed by atoms with Crippen molar-refractivity contribution in [2.45, 2.75) is 11.0 Å². The second-order valence-electron chi connectivity index (χ2n) is 6.46. The average Bonchev–Trinajstić information content (AvgIpc) is 2.76. The van der Waals surface area contributed by atoms with Crippen molar-refractivity contribution < 1.29 is 52.8 Å². The van der Waals surface area contributed by atoms with Gasteiger partial charge < -0.3 is 0 Å². The van der Waals surface area contributed by atoms with E-state index < -0.39 is 42.9 Å². The molecule has 200 valence electrons. The van der Waals surface area contributed by atoms with Crippen LogP contribution in [0.2, 0.25) is 5.02 Å². The summed E-state index contributed by atoms with van der Waals surface area (Å²) in [5.74, 6) is -2.54. The number of halogens is 8. The third-order valence-electron chi connectivity index (χ3n) is 4.04. The molecule has 0 N–H and O–H groups in total. The molecule has 8 nitrogen and oxygen atoms in total. The third kappa shape index (κ3) is 7.33. The minimum atomic E-state index is -5.68. The predicted octanol–water partition coefficient (Wildman–Crippen LogP) is 4.63. The summed E-state index contributed by atoms with van der Waals surface area (Å²) in [6.45, 7) is 0. The van der Waals surface area contributed by atoms with Gasteiger partial charge >= 0.3 is 31.1 Å². The van der Waals surface area contributed by atoms with Crippen molar-refractivity contribution in [2.24, 2.45) is 0 Å². The standard InChI is InChI=1S/C9H7BrF3NO3S.C9H7ClF3NO3S/c1-14(18(16,17)9(11,12)13)8(15)6-3-2-4-7(10)5-6;1-14(18(16,17)9(11,12)13)8(15)6-2-4-7(10)5-3-6/h2*2-5H,1H3. The van der Waals surface area contributed by atoms with E-state index in [9.17, 15) is 52.8 Å². The summed E-state index contributed by atoms with van der Waals surface area (Å²) >= 11 is 8.56. The summed E-state index contributed by atoms with van der Waals surface area (Å²) in [5, 5.41) is 0.271. The molecule has 0 radical (unpaired) electrons. The van der Waals surface area contributed by atoms with Gasteiger partial charge in [-0.3, -0.25) is 9.59 Å². The summed E-state index contributed by atoms with van der Waals surface area (Å²) in [6, 6.07) is 10.2. The molecule has 0 saturated heterocycles. The Hall–Kier alpha value is -2.37. The summed E-state index contributed by atoms with van der Waals surface area (Å²) in [5.41, 5.74) is -11.4. The van der Waals surface area contributed by atoms with E-state index in [1.165, 1.54) is 30.3 Å². The van der Waals surface area contributed by atoms with Crippen molar-refractivity contribution in [3.63, 3.8) is 0 Å². The Morgan fingerprint density at radius 3 is 1.50 bits per heavy atom. The molecule has 0 aliphatic carbocycles. The van der Waals surface area contributed by atoms with Crippen molar-refractivity contribution in [1.82, 2.24) is 8.61 Å². The van der Waals surface area contributed by atoms with Crippen molar-refractivity contribution in [2.75, 3.05) is 14.1 Å². The van der Waals surface area contributed by atoms with Gasteiger partial charge in [-0.2, -0.15) is 43.2 Å². The summed E-state index contributed by atoms with van der Waals surface area (Å²) in [4.78, 5) is 23.2. The molecular formula is C18H14BrClF6N2O6S2. The predicted molar refractivity (Wildman–Crippen MR) is 120 cm³/mol. The first-order valence-corrected chi connectivity index (χ1v) is 12.9. The Bertz CT molecular complexity index is 1330. The fraction of sp³-hybridized carbons (Fsp3) is 0.222. The highest BCUT2D eigenvalue weighted by Crippen LogP contribution is 2.28. The second kappa shape index (κ2) is 11.4. The normalized spacial score (nSPS) is 12.3. The van der Waals surface area contributed by atoms with E-state index in [0.717, 1.165) is 12.1 Å². The molecule has 0 fully saturated rings. The highest BCUT2D eigenvalue weighted by Gasteiger charge is 2.51. The molecule has 2 rings (SSSR count). The number of alkyl halides is 6. The topological polar surface area (TPSA) is 109 Å². The van der Waals surface area contributed by atoms with Gasteiger partial charge in [0.2, 0.25) is 0 Å². The number of nitrogens with zero attached hydrogens (tertiary/aromatic N) is 2. The maximum Gasteiger partial charge on any atom is 0.516 e. The van der Waals surface area contributed by atoms with Crippen LogP contribution in [0, 0.1) is 0 Å². The minimum absolute atomic E-state index is 0.167. The zero-order valence-corrected chi connectivity index (χ0v) is 21.8. The minimum Gasteiger partial charge on any atom is -0.268 e. The molecule has 0 saturated carbocycles. The number of benzene rings is 2. The summed E-state index contributed by atoms with van der Waals surface area (Å²) in [7, 11) is -10.2. The maximum atomic E-state index is 12.2. The lowest BCUT2D eigenvalue weighted by Gasteiger charge is -2.19. The zero-order chi connectivity index (χ0) is 28.3. The fourth-order valence-corrected chi connectivity index (χ4v) is 3.90. The van der Waals surface area contributed by atoms with E-state index in [1.54, 1.807) is 6.07 Å². The summed E-state index contributed by atoms with van der Waals surface area (Å²) < 4.78 is 117. The number of rotatable bonds is 4. The zero-order valence-electron chi connectivity index (χ0n) is 17.8. The van der Waals surface area contributed by atoms with Crippen LogP contribution in [0.25, 0.3) is 0 Å². The lowest BCUT2D eigenvalue weighted by atomic mass is 10.2. The van der Waals surface area contributed by atoms with Gasteiger partial charge in [-0.05, 0) is 42.5 Å². The van der Waals surface area contributed by atoms with Crippen molar-refractivity contribution >= 4 is 59.4 Å². The molecule has 0 heterocycles. The molecule has 0 aromatic heterocycles. The first-order chi connectivity index (χ1) is 16.1. The van der Waals surface area contributed by atoms with Crippen LogP contribution in [0.4, 0.5) is 26.3 Å². The second-order valence-corrected chi connectivity index (χ2v) is 11.7. The molecule has 36 heavy (non-hydrogen) atoms. The van der Waals surface area contributed by atoms with Crippen molar-refractivity contribution in [3.05, 3.63) is 69.2 Å². The van der Waals surface area contributed by atoms with E-state index in [-0.39, 0.29) is 24.8 Å². The first kappa shape index (κ1) is 31.7. The van der Waals surface area contributed by atoms with Gasteiger partial charge in [-0.1, -0.05) is 33.6 Å². The Morgan fingerprint density at radius 2 is 1.14 bits per heavy atom. The highest BCUT2D eigenvalue weighted by molar-refractivity contribution is 9.10. The lowest BCUT2D eigenvalue weighted by Crippen LogP contribution is -2.41. The van der Waals surface area contributed by atoms with Crippen LogP contribution in [-0.4, -0.2) is 62.4 Å². The SMILES string of the molecule is CN(C(=O)c1ccc(Cl)cc1)S(=O)(=O)C(F)(F)F.CN(C(=O)c1cccc(Br)c1)S(=O)(=O)C(F)(F)F. The lowest BCUT2D eigenvalue weighted by molar-refractivity contribution is -0.0481. The van der Waals surface area contributed by atoms with Crippen LogP contribution < -0.4 is 0 Å². The fourth-order valence-electron chi connectivity index (χ4n) is 2.11. The van der Waals surface area contributed by atoms with Crippen molar-refractivity contribution in [1.29, 1.82) is 0 Å². The van der Waals surface area contributed by atoms with Crippen LogP contribution >= 0.6 is 27.5 Å². The maximum absolute atomic E-state index is 12.2. The van der Waals surface area contributed by atoms with Crippen LogP contribution in [0.1, 0.15) is 20.7 Å². The van der Waals surface area contributed by atoms with E-state index in [1.807, 2.05) is 0 Å². The Balaban J connectivity index is 0.000000360. The van der Waals surface area contributed by atoms with Gasteiger partial charge in [-0.25, -0.2) is 8.61 Å². The highest BCUT2D eigenvalue weighted by atomic mass is 79.9. The number of hydrogen-bond acceptors (Lipinski definition) is 6. The van der Waals surface area contributed by atoms with E-state index in [0.29, 0.717) is 18.6 Å². The van der Waals surface area contributed by atoms with Gasteiger partial charge in [0.1, 0.15) is 0 Å². The van der Waals surface area contributed by atoms with Crippen LogP contribution in [-0.2, 0) is 20.0 Å². The van der Waals surface area contributed by atoms with Gasteiger partial charge in [-0.15, -0.1) is 0 Å². The third-order valence-corrected chi connectivity index (χ3v) is 7.73. The van der Waals surface area contributed by atoms with Gasteiger partial charge in [0.15, 0.2) is 0 Å². The molecule has 0 bridgehead atoms. The molecular weight excluding hydrogens is 634 g/mol. The molecule has 0 unspecified atom stereocenters. The molecule has 0 aliphatic heterocycles. The van der Waals surface area contributed by atoms with E-state index in [2.05, 4.69) is 15.9 Å². The van der Waals surface area contributed by atoms with Crippen LogP contribution in [0.15, 0.2) is 53.0 Å². The van der Waals surface area contributed by atoms with Crippen LogP contribution in [0.5, 0.6) is 0 Å². The van der Waals surface area contributed by atoms with E-state index in [4.69, 9.17) is 11.6 Å². The largest absolute Gasteiger partial charge is 0.516 e. The molecule has 0 spiro atoms. The number of carbonyl (C=O) groups excluding carboxylic acids is 2. The van der Waals surface area contributed by atoms with Crippen molar-refractivity contribution in [3.8, 4) is 0 Å². The van der Waals surface area contributed by atoms with Crippen LogP contribution in [0.3, 0.4) is 0 Å². The Labute approximate surface area is 214 Å². The monoisotopic (exact) mass is 646 g/mol. The number of sulfonamides is 2. The number of carbonyl (C=O) groups is 2.